The predicted octanol–water partition coefficient (Wildman–Crippen LogP) is 3.64. The van der Waals surface area contributed by atoms with Gasteiger partial charge < -0.3 is 14.8 Å². The van der Waals surface area contributed by atoms with E-state index >= 15 is 0 Å². The predicted molar refractivity (Wildman–Crippen MR) is 85.3 cm³/mol. The minimum Gasteiger partial charge on any atom is -0.493 e. The Morgan fingerprint density at radius 1 is 1.05 bits per heavy atom. The van der Waals surface area contributed by atoms with Gasteiger partial charge in [0.2, 0.25) is 0 Å². The van der Waals surface area contributed by atoms with Crippen LogP contribution in [0.1, 0.15) is 32.6 Å². The van der Waals surface area contributed by atoms with Crippen molar-refractivity contribution in [3.63, 3.8) is 0 Å². The number of nitrogens with zero attached hydrogens (tertiary/aromatic N) is 2. The molecule has 0 radical (unpaired) electrons. The summed E-state index contributed by atoms with van der Waals surface area (Å²) in [5, 5.41) is 4.34. The maximum absolute atomic E-state index is 5.42. The number of methoxy groups -OCH3 is 2. The molecule has 2 rings (SSSR count). The topological polar surface area (TPSA) is 56.3 Å². The molecule has 1 aromatic heterocycles. The first-order valence-electron chi connectivity index (χ1n) is 7.41. The third-order valence-electron chi connectivity index (χ3n) is 3.47. The van der Waals surface area contributed by atoms with Crippen molar-refractivity contribution in [1.29, 1.82) is 0 Å². The van der Waals surface area contributed by atoms with Crippen molar-refractivity contribution in [2.45, 2.75) is 32.6 Å². The Hall–Kier alpha value is -2.04. The van der Waals surface area contributed by atoms with E-state index in [1.807, 2.05) is 12.1 Å². The summed E-state index contributed by atoms with van der Waals surface area (Å²) < 4.78 is 10.7. The number of ether oxygens (including phenoxy) is 2. The first-order valence-corrected chi connectivity index (χ1v) is 7.41. The summed E-state index contributed by atoms with van der Waals surface area (Å²) in [5.74, 6) is 2.17. The summed E-state index contributed by atoms with van der Waals surface area (Å²) in [6.07, 6.45) is 6.46. The van der Waals surface area contributed by atoms with Gasteiger partial charge in [0.25, 0.3) is 0 Å². The molecule has 1 heterocycles. The molecule has 0 aliphatic carbocycles. The Kier molecular flexibility index (Phi) is 5.60. The average Bonchev–Trinajstić information content (AvgIpc) is 2.53. The number of anilines is 1. The fourth-order valence-electron chi connectivity index (χ4n) is 2.34. The third-order valence-corrected chi connectivity index (χ3v) is 3.47. The van der Waals surface area contributed by atoms with Crippen LogP contribution in [0.5, 0.6) is 11.5 Å². The lowest BCUT2D eigenvalue weighted by Gasteiger charge is -2.12. The Bertz CT molecular complexity index is 587. The normalized spacial score (nSPS) is 10.6. The number of hydrogen-bond donors (Lipinski definition) is 1. The lowest BCUT2D eigenvalue weighted by atomic mass is 10.2. The molecular formula is C16H23N3O2. The van der Waals surface area contributed by atoms with E-state index in [0.717, 1.165) is 29.7 Å². The first kappa shape index (κ1) is 15.4. The second-order valence-corrected chi connectivity index (χ2v) is 4.91. The van der Waals surface area contributed by atoms with E-state index in [1.54, 1.807) is 20.5 Å². The fourth-order valence-corrected chi connectivity index (χ4v) is 2.34. The zero-order valence-corrected chi connectivity index (χ0v) is 13.0. The smallest absolute Gasteiger partial charge is 0.187 e. The highest BCUT2D eigenvalue weighted by molar-refractivity contribution is 5.94. The van der Waals surface area contributed by atoms with Crippen LogP contribution in [-0.2, 0) is 0 Å². The van der Waals surface area contributed by atoms with Crippen molar-refractivity contribution in [3.05, 3.63) is 18.5 Å². The number of fused-ring (bicyclic) bond motifs is 1. The highest BCUT2D eigenvalue weighted by Crippen LogP contribution is 2.35. The van der Waals surface area contributed by atoms with E-state index in [1.165, 1.54) is 19.3 Å². The van der Waals surface area contributed by atoms with Crippen LogP contribution in [0.3, 0.4) is 0 Å². The molecular weight excluding hydrogens is 266 g/mol. The van der Waals surface area contributed by atoms with Crippen LogP contribution in [0, 0.1) is 0 Å². The van der Waals surface area contributed by atoms with E-state index in [-0.39, 0.29) is 0 Å². The number of unbranched alkanes of at least 4 members (excludes halogenated alkanes) is 3. The third kappa shape index (κ3) is 3.54. The molecule has 21 heavy (non-hydrogen) atoms. The quantitative estimate of drug-likeness (QED) is 0.752. The van der Waals surface area contributed by atoms with Crippen LogP contribution in [0.15, 0.2) is 18.5 Å². The Morgan fingerprint density at radius 2 is 1.90 bits per heavy atom. The van der Waals surface area contributed by atoms with Gasteiger partial charge in [0.05, 0.1) is 14.2 Å². The molecule has 114 valence electrons. The van der Waals surface area contributed by atoms with Gasteiger partial charge >= 0.3 is 0 Å². The number of nitrogens with one attached hydrogen (secondary N) is 1. The summed E-state index contributed by atoms with van der Waals surface area (Å²) in [5.41, 5.74) is 0.767. The summed E-state index contributed by atoms with van der Waals surface area (Å²) in [7, 11) is 3.25. The summed E-state index contributed by atoms with van der Waals surface area (Å²) in [4.78, 5) is 8.66. The van der Waals surface area contributed by atoms with Crippen LogP contribution < -0.4 is 14.8 Å². The van der Waals surface area contributed by atoms with Gasteiger partial charge in [0.1, 0.15) is 17.7 Å². The number of benzene rings is 1. The van der Waals surface area contributed by atoms with Gasteiger partial charge in [0, 0.05) is 11.9 Å². The second-order valence-electron chi connectivity index (χ2n) is 4.91. The van der Waals surface area contributed by atoms with Crippen molar-refractivity contribution in [1.82, 2.24) is 9.97 Å². The number of aromatic nitrogens is 2. The van der Waals surface area contributed by atoms with E-state index < -0.39 is 0 Å². The molecule has 1 N–H and O–H groups in total. The highest BCUT2D eigenvalue weighted by Gasteiger charge is 2.12. The van der Waals surface area contributed by atoms with Crippen LogP contribution in [0.25, 0.3) is 10.9 Å². The molecule has 0 saturated carbocycles. The summed E-state index contributed by atoms with van der Waals surface area (Å²) in [6, 6.07) is 3.85. The zero-order valence-electron chi connectivity index (χ0n) is 13.0. The summed E-state index contributed by atoms with van der Waals surface area (Å²) >= 11 is 0. The van der Waals surface area contributed by atoms with Gasteiger partial charge in [-0.2, -0.15) is 0 Å². The van der Waals surface area contributed by atoms with E-state index in [0.29, 0.717) is 11.5 Å². The number of rotatable bonds is 8. The summed E-state index contributed by atoms with van der Waals surface area (Å²) in [6.45, 7) is 3.13. The molecule has 0 aliphatic rings. The lowest BCUT2D eigenvalue weighted by Crippen LogP contribution is -2.05. The zero-order chi connectivity index (χ0) is 15.1. The molecule has 0 aliphatic heterocycles. The van der Waals surface area contributed by atoms with Crippen LogP contribution in [-0.4, -0.2) is 30.7 Å². The Labute approximate surface area is 125 Å². The maximum atomic E-state index is 5.42. The van der Waals surface area contributed by atoms with Crippen LogP contribution in [0.2, 0.25) is 0 Å². The number of hydrogen-bond acceptors (Lipinski definition) is 5. The molecule has 1 aromatic carbocycles. The molecule has 0 saturated heterocycles. The van der Waals surface area contributed by atoms with Crippen molar-refractivity contribution in [2.75, 3.05) is 26.1 Å². The second kappa shape index (κ2) is 7.67. The minimum atomic E-state index is 0.645. The van der Waals surface area contributed by atoms with Gasteiger partial charge in [-0.3, -0.25) is 0 Å². The monoisotopic (exact) mass is 289 g/mol. The first-order chi connectivity index (χ1) is 10.3. The Morgan fingerprint density at radius 3 is 2.62 bits per heavy atom. The molecule has 5 nitrogen and oxygen atoms in total. The van der Waals surface area contributed by atoms with E-state index in [4.69, 9.17) is 9.47 Å². The molecule has 0 atom stereocenters. The average molecular weight is 289 g/mol. The van der Waals surface area contributed by atoms with Gasteiger partial charge in [-0.25, -0.2) is 9.97 Å². The SMILES string of the molecule is CCCCCCNc1ncnc2c(OC)c(OC)ccc12. The molecule has 0 unspecified atom stereocenters. The van der Waals surface area contributed by atoms with Gasteiger partial charge in [-0.05, 0) is 18.6 Å². The molecule has 0 bridgehead atoms. The lowest BCUT2D eigenvalue weighted by molar-refractivity contribution is 0.358. The minimum absolute atomic E-state index is 0.645. The largest absolute Gasteiger partial charge is 0.493 e. The molecule has 5 heteroatoms. The molecule has 0 amide bonds. The molecule has 0 spiro atoms. The highest BCUT2D eigenvalue weighted by atomic mass is 16.5. The fraction of sp³-hybridized carbons (Fsp3) is 0.500. The Balaban J connectivity index is 2.21. The van der Waals surface area contributed by atoms with Gasteiger partial charge in [-0.15, -0.1) is 0 Å². The molecule has 0 fully saturated rings. The van der Waals surface area contributed by atoms with Crippen molar-refractivity contribution < 1.29 is 9.47 Å². The maximum Gasteiger partial charge on any atom is 0.187 e. The van der Waals surface area contributed by atoms with Crippen molar-refractivity contribution in [3.8, 4) is 11.5 Å². The van der Waals surface area contributed by atoms with Crippen molar-refractivity contribution >= 4 is 16.7 Å². The van der Waals surface area contributed by atoms with E-state index in [2.05, 4.69) is 22.2 Å². The molecule has 2 aromatic rings. The standard InChI is InChI=1S/C16H23N3O2/c1-4-5-6-7-10-17-16-12-8-9-13(20-2)15(21-3)14(12)18-11-19-16/h8-9,11H,4-7,10H2,1-3H3,(H,17,18,19). The van der Waals surface area contributed by atoms with Crippen LogP contribution in [0.4, 0.5) is 5.82 Å². The van der Waals surface area contributed by atoms with Gasteiger partial charge in [0.15, 0.2) is 11.5 Å². The van der Waals surface area contributed by atoms with Gasteiger partial charge in [-0.1, -0.05) is 26.2 Å². The van der Waals surface area contributed by atoms with Crippen LogP contribution >= 0.6 is 0 Å². The van der Waals surface area contributed by atoms with Crippen molar-refractivity contribution in [2.24, 2.45) is 0 Å². The van der Waals surface area contributed by atoms with E-state index in [9.17, 15) is 0 Å².